The van der Waals surface area contributed by atoms with Crippen LogP contribution in [-0.2, 0) is 4.79 Å². The molecule has 1 heterocycles. The van der Waals surface area contributed by atoms with Gasteiger partial charge in [-0.15, -0.1) is 0 Å². The van der Waals surface area contributed by atoms with Gasteiger partial charge in [-0.1, -0.05) is 0 Å². The lowest BCUT2D eigenvalue weighted by Gasteiger charge is -2.17. The van der Waals surface area contributed by atoms with Gasteiger partial charge in [-0.25, -0.2) is 4.39 Å². The lowest BCUT2D eigenvalue weighted by atomic mass is 10.1. The first-order valence-electron chi connectivity index (χ1n) is 7.25. The number of likely N-dealkylation sites (N-methyl/N-ethyl adjacent to an activating group) is 1. The molecule has 1 atom stereocenters. The minimum absolute atomic E-state index is 0.165. The molecule has 1 aromatic rings. The normalized spacial score (nSPS) is 18.0. The standard InChI is InChI=1S/C15H17F4N3O2/c1-8-10(16)5-9(13(23)20-7-15(17,18)19)6-12(8)21-11-3-4-22(2)14(11)24/h5-6,11,21H,3-4,7H2,1-2H3,(H,20,23)/t11-/m1/s1. The molecule has 1 fully saturated rings. The second kappa shape index (κ2) is 6.66. The zero-order valence-corrected chi connectivity index (χ0v) is 13.1. The summed E-state index contributed by atoms with van der Waals surface area (Å²) in [6.07, 6.45) is -4.04. The van der Waals surface area contributed by atoms with Gasteiger partial charge in [0.25, 0.3) is 5.91 Å². The fourth-order valence-corrected chi connectivity index (χ4v) is 2.39. The summed E-state index contributed by atoms with van der Waals surface area (Å²) in [4.78, 5) is 25.2. The molecule has 132 valence electrons. The van der Waals surface area contributed by atoms with E-state index in [1.165, 1.54) is 17.9 Å². The van der Waals surface area contributed by atoms with Crippen LogP contribution in [0.15, 0.2) is 12.1 Å². The second-order valence-electron chi connectivity index (χ2n) is 5.67. The zero-order chi connectivity index (χ0) is 18.1. The SMILES string of the molecule is Cc1c(F)cc(C(=O)NCC(F)(F)F)cc1N[C@@H]1CCN(C)C1=O. The first-order chi connectivity index (χ1) is 11.1. The Labute approximate surface area is 136 Å². The van der Waals surface area contributed by atoms with Gasteiger partial charge < -0.3 is 15.5 Å². The molecule has 0 unspecified atom stereocenters. The van der Waals surface area contributed by atoms with E-state index in [1.807, 2.05) is 0 Å². The summed E-state index contributed by atoms with van der Waals surface area (Å²) in [6.45, 7) is 0.498. The smallest absolute Gasteiger partial charge is 0.373 e. The number of hydrogen-bond acceptors (Lipinski definition) is 3. The molecule has 0 radical (unpaired) electrons. The molecule has 0 saturated carbocycles. The predicted octanol–water partition coefficient (Wildman–Crippen LogP) is 2.07. The number of likely N-dealkylation sites (tertiary alicyclic amines) is 1. The summed E-state index contributed by atoms with van der Waals surface area (Å²) in [7, 11) is 1.64. The van der Waals surface area contributed by atoms with Gasteiger partial charge in [0.2, 0.25) is 5.91 Å². The van der Waals surface area contributed by atoms with Crippen molar-refractivity contribution in [2.45, 2.75) is 25.6 Å². The van der Waals surface area contributed by atoms with E-state index in [9.17, 15) is 27.2 Å². The van der Waals surface area contributed by atoms with E-state index < -0.39 is 30.5 Å². The van der Waals surface area contributed by atoms with E-state index in [2.05, 4.69) is 5.32 Å². The van der Waals surface area contributed by atoms with Gasteiger partial charge in [0, 0.05) is 30.4 Å². The highest BCUT2D eigenvalue weighted by Crippen LogP contribution is 2.24. The van der Waals surface area contributed by atoms with Gasteiger partial charge in [0.15, 0.2) is 0 Å². The van der Waals surface area contributed by atoms with Crippen molar-refractivity contribution in [2.75, 3.05) is 25.5 Å². The van der Waals surface area contributed by atoms with Crippen molar-refractivity contribution >= 4 is 17.5 Å². The highest BCUT2D eigenvalue weighted by atomic mass is 19.4. The van der Waals surface area contributed by atoms with E-state index in [1.54, 1.807) is 12.4 Å². The molecule has 1 aliphatic rings. The molecule has 1 saturated heterocycles. The maximum atomic E-state index is 14.0. The Hall–Kier alpha value is -2.32. The van der Waals surface area contributed by atoms with Crippen molar-refractivity contribution in [3.63, 3.8) is 0 Å². The molecule has 5 nitrogen and oxygen atoms in total. The molecule has 0 spiro atoms. The van der Waals surface area contributed by atoms with Crippen LogP contribution >= 0.6 is 0 Å². The third-order valence-corrected chi connectivity index (χ3v) is 3.81. The van der Waals surface area contributed by atoms with Gasteiger partial charge >= 0.3 is 6.18 Å². The van der Waals surface area contributed by atoms with Crippen molar-refractivity contribution in [3.05, 3.63) is 29.1 Å². The van der Waals surface area contributed by atoms with Crippen LogP contribution in [0.25, 0.3) is 0 Å². The van der Waals surface area contributed by atoms with E-state index in [0.717, 1.165) is 6.07 Å². The monoisotopic (exact) mass is 347 g/mol. The van der Waals surface area contributed by atoms with Gasteiger partial charge in [0.05, 0.1) is 0 Å². The Kier molecular flexibility index (Phi) is 5.00. The highest BCUT2D eigenvalue weighted by Gasteiger charge is 2.30. The molecule has 2 amide bonds. The quantitative estimate of drug-likeness (QED) is 0.820. The Morgan fingerprint density at radius 3 is 2.58 bits per heavy atom. The number of carbonyl (C=O) groups excluding carboxylic acids is 2. The summed E-state index contributed by atoms with van der Waals surface area (Å²) in [5.41, 5.74) is 0.147. The Morgan fingerprint density at radius 2 is 2.04 bits per heavy atom. The van der Waals surface area contributed by atoms with Crippen LogP contribution in [0.2, 0.25) is 0 Å². The van der Waals surface area contributed by atoms with Crippen LogP contribution < -0.4 is 10.6 Å². The predicted molar refractivity (Wildman–Crippen MR) is 79.2 cm³/mol. The molecule has 9 heteroatoms. The van der Waals surface area contributed by atoms with Crippen LogP contribution in [0.5, 0.6) is 0 Å². The maximum Gasteiger partial charge on any atom is 0.405 e. The fourth-order valence-electron chi connectivity index (χ4n) is 2.39. The number of hydrogen-bond donors (Lipinski definition) is 2. The molecule has 2 N–H and O–H groups in total. The average Bonchev–Trinajstić information content (AvgIpc) is 2.80. The lowest BCUT2D eigenvalue weighted by molar-refractivity contribution is -0.127. The lowest BCUT2D eigenvalue weighted by Crippen LogP contribution is -2.34. The van der Waals surface area contributed by atoms with E-state index in [-0.39, 0.29) is 22.7 Å². The minimum atomic E-state index is -4.55. The van der Waals surface area contributed by atoms with Gasteiger partial charge in [-0.3, -0.25) is 9.59 Å². The summed E-state index contributed by atoms with van der Waals surface area (Å²) < 4.78 is 50.5. The topological polar surface area (TPSA) is 61.4 Å². The molecule has 24 heavy (non-hydrogen) atoms. The van der Waals surface area contributed by atoms with Crippen LogP contribution in [0.4, 0.5) is 23.2 Å². The molecular weight excluding hydrogens is 330 g/mol. The minimum Gasteiger partial charge on any atom is -0.373 e. The summed E-state index contributed by atoms with van der Waals surface area (Å²) in [5, 5.41) is 4.55. The average molecular weight is 347 g/mol. The molecule has 0 aromatic heterocycles. The van der Waals surface area contributed by atoms with Crippen LogP contribution in [0.3, 0.4) is 0 Å². The molecule has 2 rings (SSSR count). The highest BCUT2D eigenvalue weighted by molar-refractivity contribution is 5.96. The van der Waals surface area contributed by atoms with Crippen molar-refractivity contribution in [3.8, 4) is 0 Å². The number of halogens is 4. The third kappa shape index (κ3) is 4.15. The molecule has 0 aliphatic carbocycles. The molecule has 1 aliphatic heterocycles. The fraction of sp³-hybridized carbons (Fsp3) is 0.467. The number of alkyl halides is 3. The first-order valence-corrected chi connectivity index (χ1v) is 7.25. The Balaban J connectivity index is 2.19. The number of amides is 2. The van der Waals surface area contributed by atoms with Crippen molar-refractivity contribution in [1.82, 2.24) is 10.2 Å². The van der Waals surface area contributed by atoms with Gasteiger partial charge in [-0.2, -0.15) is 13.2 Å². The molecular formula is C15H17F4N3O2. The second-order valence-corrected chi connectivity index (χ2v) is 5.67. The van der Waals surface area contributed by atoms with E-state index in [0.29, 0.717) is 13.0 Å². The Bertz CT molecular complexity index is 661. The van der Waals surface area contributed by atoms with Crippen LogP contribution in [-0.4, -0.2) is 49.1 Å². The maximum absolute atomic E-state index is 14.0. The number of benzene rings is 1. The van der Waals surface area contributed by atoms with Crippen molar-refractivity contribution in [2.24, 2.45) is 0 Å². The largest absolute Gasteiger partial charge is 0.405 e. The number of nitrogens with one attached hydrogen (secondary N) is 2. The number of rotatable bonds is 4. The van der Waals surface area contributed by atoms with Crippen molar-refractivity contribution < 1.29 is 27.2 Å². The first kappa shape index (κ1) is 18.0. The van der Waals surface area contributed by atoms with E-state index >= 15 is 0 Å². The number of carbonyl (C=O) groups is 2. The van der Waals surface area contributed by atoms with Crippen LogP contribution in [0, 0.1) is 12.7 Å². The molecule has 1 aromatic carbocycles. The number of nitrogens with zero attached hydrogens (tertiary/aromatic N) is 1. The van der Waals surface area contributed by atoms with Gasteiger partial charge in [-0.05, 0) is 25.5 Å². The van der Waals surface area contributed by atoms with Crippen molar-refractivity contribution in [1.29, 1.82) is 0 Å². The summed E-state index contributed by atoms with van der Waals surface area (Å²) in [5.74, 6) is -1.94. The number of anilines is 1. The third-order valence-electron chi connectivity index (χ3n) is 3.81. The molecule has 0 bridgehead atoms. The Morgan fingerprint density at radius 1 is 1.38 bits per heavy atom. The van der Waals surface area contributed by atoms with E-state index in [4.69, 9.17) is 0 Å². The zero-order valence-electron chi connectivity index (χ0n) is 13.1. The summed E-state index contributed by atoms with van der Waals surface area (Å²) >= 11 is 0. The van der Waals surface area contributed by atoms with Gasteiger partial charge in [0.1, 0.15) is 18.4 Å². The van der Waals surface area contributed by atoms with Crippen LogP contribution in [0.1, 0.15) is 22.3 Å². The summed E-state index contributed by atoms with van der Waals surface area (Å²) in [6, 6.07) is 1.56.